The first-order valence-corrected chi connectivity index (χ1v) is 8.04. The van der Waals surface area contributed by atoms with Crippen LogP contribution in [-0.2, 0) is 6.54 Å². The Morgan fingerprint density at radius 1 is 1.12 bits per heavy atom. The van der Waals surface area contributed by atoms with Gasteiger partial charge in [0.2, 0.25) is 0 Å². The number of piperazine rings is 1. The molecule has 0 unspecified atom stereocenters. The van der Waals surface area contributed by atoms with E-state index in [9.17, 15) is 9.18 Å². The summed E-state index contributed by atoms with van der Waals surface area (Å²) in [5.74, 6) is -0.264. The molecule has 0 aliphatic carbocycles. The summed E-state index contributed by atoms with van der Waals surface area (Å²) in [6, 6.07) is 9.94. The molecule has 126 valence electrons. The summed E-state index contributed by atoms with van der Waals surface area (Å²) in [6.07, 6.45) is 1.66. The van der Waals surface area contributed by atoms with Crippen LogP contribution in [0.15, 0.2) is 42.6 Å². The van der Waals surface area contributed by atoms with Crippen LogP contribution >= 0.6 is 0 Å². The summed E-state index contributed by atoms with van der Waals surface area (Å²) in [4.78, 5) is 20.7. The van der Waals surface area contributed by atoms with Crippen molar-refractivity contribution in [1.29, 1.82) is 0 Å². The molecular formula is C18H21FN4O. The molecule has 0 atom stereocenters. The van der Waals surface area contributed by atoms with Crippen molar-refractivity contribution in [2.24, 2.45) is 0 Å². The molecule has 1 aliphatic rings. The van der Waals surface area contributed by atoms with E-state index in [1.165, 1.54) is 12.1 Å². The monoisotopic (exact) mass is 328 g/mol. The number of nitrogens with one attached hydrogen (secondary N) is 1. The summed E-state index contributed by atoms with van der Waals surface area (Å²) in [6.45, 7) is 3.84. The highest BCUT2D eigenvalue weighted by molar-refractivity contribution is 5.92. The van der Waals surface area contributed by atoms with Gasteiger partial charge in [-0.25, -0.2) is 9.37 Å². The van der Waals surface area contributed by atoms with Gasteiger partial charge in [-0.1, -0.05) is 12.1 Å². The summed E-state index contributed by atoms with van der Waals surface area (Å²) in [5.41, 5.74) is 2.27. The first kappa shape index (κ1) is 16.4. The number of amides is 1. The summed E-state index contributed by atoms with van der Waals surface area (Å²) < 4.78 is 12.9. The molecule has 1 fully saturated rings. The molecular weight excluding hydrogens is 307 g/mol. The van der Waals surface area contributed by atoms with Gasteiger partial charge in [-0.05, 0) is 36.9 Å². The Balaban J connectivity index is 1.56. The van der Waals surface area contributed by atoms with Gasteiger partial charge in [0.25, 0.3) is 5.91 Å². The zero-order valence-electron chi connectivity index (χ0n) is 13.7. The molecule has 2 heterocycles. The number of nitrogens with zero attached hydrogens (tertiary/aromatic N) is 3. The zero-order chi connectivity index (χ0) is 16.9. The van der Waals surface area contributed by atoms with E-state index in [0.717, 1.165) is 37.4 Å². The summed E-state index contributed by atoms with van der Waals surface area (Å²) >= 11 is 0. The lowest BCUT2D eigenvalue weighted by molar-refractivity contribution is 0.0658. The molecule has 3 rings (SSSR count). The van der Waals surface area contributed by atoms with Crippen molar-refractivity contribution in [1.82, 2.24) is 14.8 Å². The number of aromatic nitrogens is 1. The predicted molar refractivity (Wildman–Crippen MR) is 91.4 cm³/mol. The number of hydrogen-bond acceptors (Lipinski definition) is 4. The second-order valence-corrected chi connectivity index (χ2v) is 6.01. The van der Waals surface area contributed by atoms with Gasteiger partial charge in [0, 0.05) is 32.7 Å². The molecule has 0 bridgehead atoms. The van der Waals surface area contributed by atoms with Gasteiger partial charge < -0.3 is 15.1 Å². The Bertz CT molecular complexity index is 679. The maximum Gasteiger partial charge on any atom is 0.272 e. The topological polar surface area (TPSA) is 48.5 Å². The van der Waals surface area contributed by atoms with E-state index in [-0.39, 0.29) is 11.7 Å². The molecule has 24 heavy (non-hydrogen) atoms. The second-order valence-electron chi connectivity index (χ2n) is 6.01. The average Bonchev–Trinajstić information content (AvgIpc) is 2.62. The molecule has 1 aromatic carbocycles. The van der Waals surface area contributed by atoms with Crippen LogP contribution in [-0.4, -0.2) is 53.9 Å². The van der Waals surface area contributed by atoms with Gasteiger partial charge in [-0.3, -0.25) is 4.79 Å². The van der Waals surface area contributed by atoms with Crippen LogP contribution in [0.25, 0.3) is 0 Å². The lowest BCUT2D eigenvalue weighted by Gasteiger charge is -2.32. The number of rotatable bonds is 4. The highest BCUT2D eigenvalue weighted by atomic mass is 19.1. The van der Waals surface area contributed by atoms with Crippen LogP contribution in [0, 0.1) is 5.82 Å². The standard InChI is InChI=1S/C18H21FN4O/c1-22-8-10-23(11-9-22)18(24)17-7-6-16(13-21-17)20-12-14-2-4-15(19)5-3-14/h2-7,13,20H,8-12H2,1H3. The van der Waals surface area contributed by atoms with E-state index < -0.39 is 0 Å². The molecule has 6 heteroatoms. The van der Waals surface area contributed by atoms with Crippen molar-refractivity contribution in [3.63, 3.8) is 0 Å². The molecule has 0 radical (unpaired) electrons. The zero-order valence-corrected chi connectivity index (χ0v) is 13.7. The van der Waals surface area contributed by atoms with E-state index in [1.807, 2.05) is 11.0 Å². The highest BCUT2D eigenvalue weighted by Gasteiger charge is 2.21. The number of halogens is 1. The van der Waals surface area contributed by atoms with Crippen LogP contribution < -0.4 is 5.32 Å². The van der Waals surface area contributed by atoms with Crippen molar-refractivity contribution >= 4 is 11.6 Å². The third-order valence-corrected chi connectivity index (χ3v) is 4.18. The highest BCUT2D eigenvalue weighted by Crippen LogP contribution is 2.12. The molecule has 2 aromatic rings. The number of benzene rings is 1. The second kappa shape index (κ2) is 7.40. The van der Waals surface area contributed by atoms with Crippen molar-refractivity contribution in [2.75, 3.05) is 38.5 Å². The molecule has 1 amide bonds. The molecule has 5 nitrogen and oxygen atoms in total. The number of pyridine rings is 1. The van der Waals surface area contributed by atoms with E-state index in [1.54, 1.807) is 24.4 Å². The number of carbonyl (C=O) groups is 1. The lowest BCUT2D eigenvalue weighted by atomic mass is 10.2. The molecule has 1 aliphatic heterocycles. The Hall–Kier alpha value is -2.47. The lowest BCUT2D eigenvalue weighted by Crippen LogP contribution is -2.47. The normalized spacial score (nSPS) is 15.3. The molecule has 1 N–H and O–H groups in total. The number of anilines is 1. The first-order chi connectivity index (χ1) is 11.6. The summed E-state index contributed by atoms with van der Waals surface area (Å²) in [5, 5.41) is 3.22. The van der Waals surface area contributed by atoms with Crippen molar-refractivity contribution < 1.29 is 9.18 Å². The van der Waals surface area contributed by atoms with Crippen LogP contribution in [0.4, 0.5) is 10.1 Å². The van der Waals surface area contributed by atoms with E-state index >= 15 is 0 Å². The Kier molecular flexibility index (Phi) is 5.05. The fourth-order valence-corrected chi connectivity index (χ4v) is 2.60. The maximum absolute atomic E-state index is 12.9. The molecule has 1 saturated heterocycles. The Labute approximate surface area is 141 Å². The van der Waals surface area contributed by atoms with Gasteiger partial charge in [0.05, 0.1) is 11.9 Å². The Morgan fingerprint density at radius 3 is 2.46 bits per heavy atom. The number of likely N-dealkylation sites (N-methyl/N-ethyl adjacent to an activating group) is 1. The van der Waals surface area contributed by atoms with Crippen LogP contribution in [0.1, 0.15) is 16.1 Å². The SMILES string of the molecule is CN1CCN(C(=O)c2ccc(NCc3ccc(F)cc3)cn2)CC1. The van der Waals surface area contributed by atoms with Gasteiger partial charge >= 0.3 is 0 Å². The van der Waals surface area contributed by atoms with Gasteiger partial charge in [0.15, 0.2) is 0 Å². The smallest absolute Gasteiger partial charge is 0.272 e. The molecule has 1 aromatic heterocycles. The maximum atomic E-state index is 12.9. The Morgan fingerprint density at radius 2 is 1.83 bits per heavy atom. The minimum atomic E-state index is -0.243. The third kappa shape index (κ3) is 4.08. The van der Waals surface area contributed by atoms with E-state index in [4.69, 9.17) is 0 Å². The summed E-state index contributed by atoms with van der Waals surface area (Å²) in [7, 11) is 2.06. The minimum Gasteiger partial charge on any atom is -0.380 e. The first-order valence-electron chi connectivity index (χ1n) is 8.04. The predicted octanol–water partition coefficient (Wildman–Crippen LogP) is 2.22. The fourth-order valence-electron chi connectivity index (χ4n) is 2.60. The fraction of sp³-hybridized carbons (Fsp3) is 0.333. The molecule has 0 saturated carbocycles. The van der Waals surface area contributed by atoms with E-state index in [2.05, 4.69) is 22.2 Å². The van der Waals surface area contributed by atoms with Crippen molar-refractivity contribution in [3.8, 4) is 0 Å². The van der Waals surface area contributed by atoms with Crippen molar-refractivity contribution in [2.45, 2.75) is 6.54 Å². The van der Waals surface area contributed by atoms with Crippen LogP contribution in [0.5, 0.6) is 0 Å². The quantitative estimate of drug-likeness (QED) is 0.935. The molecule has 0 spiro atoms. The van der Waals surface area contributed by atoms with E-state index in [0.29, 0.717) is 12.2 Å². The number of hydrogen-bond donors (Lipinski definition) is 1. The van der Waals surface area contributed by atoms with Gasteiger partial charge in [-0.2, -0.15) is 0 Å². The van der Waals surface area contributed by atoms with Crippen LogP contribution in [0.3, 0.4) is 0 Å². The average molecular weight is 328 g/mol. The minimum absolute atomic E-state index is 0.0202. The van der Waals surface area contributed by atoms with Crippen molar-refractivity contribution in [3.05, 3.63) is 59.7 Å². The third-order valence-electron chi connectivity index (χ3n) is 4.18. The van der Waals surface area contributed by atoms with Crippen LogP contribution in [0.2, 0.25) is 0 Å². The van der Waals surface area contributed by atoms with Gasteiger partial charge in [0.1, 0.15) is 11.5 Å². The largest absolute Gasteiger partial charge is 0.380 e. The number of carbonyl (C=O) groups excluding carboxylic acids is 1. The van der Waals surface area contributed by atoms with Gasteiger partial charge in [-0.15, -0.1) is 0 Å².